The van der Waals surface area contributed by atoms with Crippen LogP contribution in [-0.2, 0) is 0 Å². The highest BCUT2D eigenvalue weighted by Gasteiger charge is 2.43. The zero-order valence-electron chi connectivity index (χ0n) is 14.1. The van der Waals surface area contributed by atoms with Crippen molar-refractivity contribution >= 4 is 0 Å². The van der Waals surface area contributed by atoms with Crippen LogP contribution in [0.15, 0.2) is 0 Å². The fraction of sp³-hybridized carbons (Fsp3) is 1.00. The molecule has 4 aliphatic carbocycles. The molecule has 4 rings (SSSR count). The van der Waals surface area contributed by atoms with E-state index in [9.17, 15) is 0 Å². The number of hydrogen-bond donors (Lipinski definition) is 0. The van der Waals surface area contributed by atoms with Gasteiger partial charge in [-0.05, 0) is 54.8 Å². The van der Waals surface area contributed by atoms with Crippen LogP contribution in [0, 0.1) is 35.5 Å². The smallest absolute Gasteiger partial charge is 0.0354 e. The van der Waals surface area contributed by atoms with E-state index in [1.807, 2.05) is 0 Å². The van der Waals surface area contributed by atoms with Gasteiger partial charge in [-0.1, -0.05) is 77.0 Å². The van der Waals surface area contributed by atoms with Gasteiger partial charge in [0.05, 0.1) is 0 Å². The molecule has 120 valence electrons. The highest BCUT2D eigenvalue weighted by Crippen LogP contribution is 2.53. The molecule has 0 amide bonds. The van der Waals surface area contributed by atoms with Crippen LogP contribution in [0.2, 0.25) is 0 Å². The third-order valence-electron chi connectivity index (χ3n) is 7.97. The standard InChI is InChI=1S/C21H36/c1-2-7-16(8-3-1)13-19-11-6-12-20-14-17-9-4-5-10-18(17)15-21(19)20/h16-21H,1-15H2. The predicted octanol–water partition coefficient (Wildman–Crippen LogP) is 6.59. The van der Waals surface area contributed by atoms with E-state index >= 15 is 0 Å². The van der Waals surface area contributed by atoms with Crippen molar-refractivity contribution < 1.29 is 0 Å². The van der Waals surface area contributed by atoms with Crippen molar-refractivity contribution in [1.82, 2.24) is 0 Å². The molecule has 5 unspecified atom stereocenters. The average molecular weight is 289 g/mol. The highest BCUT2D eigenvalue weighted by atomic mass is 14.5. The average Bonchev–Trinajstić information content (AvgIpc) is 2.54. The summed E-state index contributed by atoms with van der Waals surface area (Å²) in [5.74, 6) is 6.84. The molecule has 0 spiro atoms. The van der Waals surface area contributed by atoms with Crippen molar-refractivity contribution in [2.45, 2.75) is 96.3 Å². The van der Waals surface area contributed by atoms with Gasteiger partial charge < -0.3 is 0 Å². The van der Waals surface area contributed by atoms with Crippen molar-refractivity contribution in [1.29, 1.82) is 0 Å². The van der Waals surface area contributed by atoms with Gasteiger partial charge in [0.25, 0.3) is 0 Å². The van der Waals surface area contributed by atoms with Crippen molar-refractivity contribution in [2.75, 3.05) is 0 Å². The van der Waals surface area contributed by atoms with Gasteiger partial charge in [-0.25, -0.2) is 0 Å². The molecule has 4 fully saturated rings. The maximum Gasteiger partial charge on any atom is -0.0354 e. The Kier molecular flexibility index (Phi) is 4.60. The molecule has 0 aromatic heterocycles. The van der Waals surface area contributed by atoms with Crippen LogP contribution in [0.1, 0.15) is 96.3 Å². The summed E-state index contributed by atoms with van der Waals surface area (Å²) >= 11 is 0. The maximum atomic E-state index is 1.65. The Morgan fingerprint density at radius 1 is 0.524 bits per heavy atom. The summed E-state index contributed by atoms with van der Waals surface area (Å²) in [5.41, 5.74) is 0. The summed E-state index contributed by atoms with van der Waals surface area (Å²) in [5, 5.41) is 0. The molecule has 0 N–H and O–H groups in total. The minimum Gasteiger partial charge on any atom is -0.0533 e. The van der Waals surface area contributed by atoms with Crippen LogP contribution >= 0.6 is 0 Å². The van der Waals surface area contributed by atoms with Gasteiger partial charge in [0.1, 0.15) is 0 Å². The van der Waals surface area contributed by atoms with E-state index < -0.39 is 0 Å². The van der Waals surface area contributed by atoms with Crippen LogP contribution in [0.3, 0.4) is 0 Å². The Morgan fingerprint density at radius 2 is 1.19 bits per heavy atom. The molecular formula is C21H36. The zero-order valence-corrected chi connectivity index (χ0v) is 14.1. The Hall–Kier alpha value is 0. The van der Waals surface area contributed by atoms with Gasteiger partial charge in [0.15, 0.2) is 0 Å². The normalized spacial score (nSPS) is 44.9. The van der Waals surface area contributed by atoms with Crippen LogP contribution in [-0.4, -0.2) is 0 Å². The Bertz CT molecular complexity index is 327. The van der Waals surface area contributed by atoms with E-state index in [2.05, 4.69) is 0 Å². The molecule has 0 saturated heterocycles. The van der Waals surface area contributed by atoms with Gasteiger partial charge in [-0.15, -0.1) is 0 Å². The van der Waals surface area contributed by atoms with Crippen molar-refractivity contribution in [3.05, 3.63) is 0 Å². The molecule has 0 heterocycles. The van der Waals surface area contributed by atoms with E-state index in [1.54, 1.807) is 77.0 Å². The van der Waals surface area contributed by atoms with Crippen molar-refractivity contribution in [2.24, 2.45) is 35.5 Å². The third-order valence-corrected chi connectivity index (χ3v) is 7.97. The Labute approximate surface area is 132 Å². The summed E-state index contributed by atoms with van der Waals surface area (Å²) in [6.07, 6.45) is 23.7. The fourth-order valence-electron chi connectivity index (χ4n) is 6.92. The molecule has 0 aromatic carbocycles. The summed E-state index contributed by atoms with van der Waals surface area (Å²) in [7, 11) is 0. The van der Waals surface area contributed by atoms with Gasteiger partial charge in [0.2, 0.25) is 0 Å². The van der Waals surface area contributed by atoms with Crippen LogP contribution in [0.4, 0.5) is 0 Å². The first kappa shape index (κ1) is 14.6. The van der Waals surface area contributed by atoms with Gasteiger partial charge >= 0.3 is 0 Å². The molecule has 0 aliphatic heterocycles. The molecule has 21 heavy (non-hydrogen) atoms. The van der Waals surface area contributed by atoms with Gasteiger partial charge in [-0.2, -0.15) is 0 Å². The highest BCUT2D eigenvalue weighted by molar-refractivity contribution is 4.93. The first-order valence-electron chi connectivity index (χ1n) is 10.4. The van der Waals surface area contributed by atoms with Crippen molar-refractivity contribution in [3.63, 3.8) is 0 Å². The fourth-order valence-corrected chi connectivity index (χ4v) is 6.92. The largest absolute Gasteiger partial charge is 0.0533 e. The second-order valence-electron chi connectivity index (χ2n) is 9.13. The summed E-state index contributed by atoms with van der Waals surface area (Å²) < 4.78 is 0. The van der Waals surface area contributed by atoms with E-state index in [1.165, 1.54) is 19.3 Å². The maximum absolute atomic E-state index is 1.65. The summed E-state index contributed by atoms with van der Waals surface area (Å²) in [6, 6.07) is 0. The topological polar surface area (TPSA) is 0 Å². The van der Waals surface area contributed by atoms with Crippen molar-refractivity contribution in [3.8, 4) is 0 Å². The quantitative estimate of drug-likeness (QED) is 0.537. The lowest BCUT2D eigenvalue weighted by atomic mass is 9.56. The zero-order chi connectivity index (χ0) is 14.1. The summed E-state index contributed by atoms with van der Waals surface area (Å²) in [6.45, 7) is 0. The molecule has 0 aromatic rings. The molecular weight excluding hydrogens is 252 g/mol. The van der Waals surface area contributed by atoms with E-state index in [-0.39, 0.29) is 0 Å². The van der Waals surface area contributed by atoms with E-state index in [0.717, 1.165) is 35.5 Å². The number of fused-ring (bicyclic) bond motifs is 2. The third kappa shape index (κ3) is 3.20. The Balaban J connectivity index is 1.40. The molecule has 4 aliphatic rings. The monoisotopic (exact) mass is 288 g/mol. The van der Waals surface area contributed by atoms with E-state index in [0.29, 0.717) is 0 Å². The van der Waals surface area contributed by atoms with Gasteiger partial charge in [-0.3, -0.25) is 0 Å². The second kappa shape index (κ2) is 6.63. The van der Waals surface area contributed by atoms with Crippen LogP contribution in [0.25, 0.3) is 0 Å². The SMILES string of the molecule is C1CCC(CC2CCCC3CC4CCCCC4CC23)CC1. The second-order valence-corrected chi connectivity index (χ2v) is 9.13. The first-order valence-corrected chi connectivity index (χ1v) is 10.4. The van der Waals surface area contributed by atoms with Crippen LogP contribution < -0.4 is 0 Å². The summed E-state index contributed by atoms with van der Waals surface area (Å²) in [4.78, 5) is 0. The molecule has 0 radical (unpaired) electrons. The minimum absolute atomic E-state index is 1.12. The molecule has 0 heteroatoms. The lowest BCUT2D eigenvalue weighted by Crippen LogP contribution is -2.40. The lowest BCUT2D eigenvalue weighted by Gasteiger charge is -2.50. The first-order chi connectivity index (χ1) is 10.4. The molecule has 0 bridgehead atoms. The number of hydrogen-bond acceptors (Lipinski definition) is 0. The lowest BCUT2D eigenvalue weighted by molar-refractivity contribution is 0.00780. The van der Waals surface area contributed by atoms with Gasteiger partial charge in [0, 0.05) is 0 Å². The van der Waals surface area contributed by atoms with E-state index in [4.69, 9.17) is 0 Å². The van der Waals surface area contributed by atoms with Crippen LogP contribution in [0.5, 0.6) is 0 Å². The molecule has 4 saturated carbocycles. The minimum atomic E-state index is 1.12. The Morgan fingerprint density at radius 3 is 2.00 bits per heavy atom. The molecule has 5 atom stereocenters. The molecule has 0 nitrogen and oxygen atoms in total. The predicted molar refractivity (Wildman–Crippen MR) is 90.2 cm³/mol. The number of rotatable bonds is 2.